The molecule has 0 aliphatic carbocycles. The summed E-state index contributed by atoms with van der Waals surface area (Å²) in [5.41, 5.74) is 8.39. The summed E-state index contributed by atoms with van der Waals surface area (Å²) in [5.74, 6) is 1.42. The number of ether oxygens (including phenoxy) is 2. The number of carbonyl (C=O) groups is 1. The molecule has 2 aromatic heterocycles. The molecule has 10 heteroatoms. The van der Waals surface area contributed by atoms with Gasteiger partial charge in [0.2, 0.25) is 0 Å². The van der Waals surface area contributed by atoms with Crippen LogP contribution in [0.4, 0.5) is 5.69 Å². The number of anilines is 1. The second kappa shape index (κ2) is 13.8. The standard InChI is InChI=1S/C34H32Cl2N4O4/c1-22-5-6-23(2)40(22)26-10-12-28(13-11-26)42-21-29-14-16-32(44-29)34(41)38-37-19-25-8-9-27(39(3)4)18-33(25)43-20-24-7-15-30(35)31(36)17-24/h5-19H,20-21H2,1-4H3,(H,38,41)/b37-19+. The Hall–Kier alpha value is -4.66. The summed E-state index contributed by atoms with van der Waals surface area (Å²) in [6.45, 7) is 4.59. The van der Waals surface area contributed by atoms with Crippen molar-refractivity contribution < 1.29 is 18.7 Å². The van der Waals surface area contributed by atoms with Crippen molar-refractivity contribution in [1.82, 2.24) is 9.99 Å². The summed E-state index contributed by atoms with van der Waals surface area (Å²) in [6, 6.07) is 26.3. The first-order valence-electron chi connectivity index (χ1n) is 13.9. The molecule has 226 valence electrons. The number of amides is 1. The molecular formula is C34H32Cl2N4O4. The molecule has 1 amide bonds. The van der Waals surface area contributed by atoms with E-state index in [1.54, 1.807) is 24.3 Å². The van der Waals surface area contributed by atoms with Gasteiger partial charge in [-0.1, -0.05) is 29.3 Å². The van der Waals surface area contributed by atoms with E-state index in [0.29, 0.717) is 32.9 Å². The van der Waals surface area contributed by atoms with E-state index in [0.717, 1.165) is 28.3 Å². The maximum Gasteiger partial charge on any atom is 0.307 e. The Morgan fingerprint density at radius 2 is 1.64 bits per heavy atom. The molecule has 0 unspecified atom stereocenters. The second-order valence-corrected chi connectivity index (χ2v) is 11.2. The Bertz CT molecular complexity index is 1770. The Morgan fingerprint density at radius 1 is 0.886 bits per heavy atom. The van der Waals surface area contributed by atoms with Gasteiger partial charge in [0, 0.05) is 48.5 Å². The van der Waals surface area contributed by atoms with Gasteiger partial charge in [0.05, 0.1) is 16.3 Å². The van der Waals surface area contributed by atoms with Crippen LogP contribution in [0, 0.1) is 13.8 Å². The number of hydrogen-bond acceptors (Lipinski definition) is 6. The molecule has 1 N–H and O–H groups in total. The van der Waals surface area contributed by atoms with Gasteiger partial charge in [-0.05, 0) is 92.2 Å². The normalized spacial score (nSPS) is 11.1. The number of aryl methyl sites for hydroxylation is 2. The van der Waals surface area contributed by atoms with E-state index in [9.17, 15) is 4.79 Å². The Kier molecular flexibility index (Phi) is 9.62. The zero-order valence-electron chi connectivity index (χ0n) is 24.8. The summed E-state index contributed by atoms with van der Waals surface area (Å²) < 4.78 is 19.8. The van der Waals surface area contributed by atoms with E-state index in [-0.39, 0.29) is 19.0 Å². The lowest BCUT2D eigenvalue weighted by atomic mass is 10.2. The van der Waals surface area contributed by atoms with Crippen LogP contribution in [-0.2, 0) is 13.2 Å². The number of rotatable bonds is 11. The van der Waals surface area contributed by atoms with Crippen LogP contribution < -0.4 is 19.8 Å². The largest absolute Gasteiger partial charge is 0.488 e. The van der Waals surface area contributed by atoms with Crippen LogP contribution in [0.15, 0.2) is 94.4 Å². The molecular weight excluding hydrogens is 599 g/mol. The fraction of sp³-hybridized carbons (Fsp3) is 0.176. The van der Waals surface area contributed by atoms with Crippen molar-refractivity contribution >= 4 is 41.0 Å². The monoisotopic (exact) mass is 630 g/mol. The van der Waals surface area contributed by atoms with E-state index in [1.807, 2.05) is 67.5 Å². The van der Waals surface area contributed by atoms with Crippen LogP contribution in [0.3, 0.4) is 0 Å². The van der Waals surface area contributed by atoms with Gasteiger partial charge in [0.1, 0.15) is 30.5 Å². The van der Waals surface area contributed by atoms with Crippen LogP contribution in [0.5, 0.6) is 11.5 Å². The molecule has 8 nitrogen and oxygen atoms in total. The maximum absolute atomic E-state index is 12.7. The van der Waals surface area contributed by atoms with Crippen molar-refractivity contribution in [1.29, 1.82) is 0 Å². The number of aromatic nitrogens is 1. The fourth-order valence-electron chi connectivity index (χ4n) is 4.54. The molecule has 0 aliphatic heterocycles. The number of nitrogens with zero attached hydrogens (tertiary/aromatic N) is 3. The SMILES string of the molecule is Cc1ccc(C)n1-c1ccc(OCc2ccc(C(=O)N/N=C/c3ccc(N(C)C)cc3OCc3ccc(Cl)c(Cl)c3)o2)cc1. The number of carbonyl (C=O) groups excluding carboxylic acids is 1. The van der Waals surface area contributed by atoms with Gasteiger partial charge in [0.25, 0.3) is 0 Å². The lowest BCUT2D eigenvalue weighted by Gasteiger charge is -2.16. The van der Waals surface area contributed by atoms with Crippen LogP contribution >= 0.6 is 23.2 Å². The number of nitrogens with one attached hydrogen (secondary N) is 1. The lowest BCUT2D eigenvalue weighted by molar-refractivity contribution is 0.0923. The average molecular weight is 632 g/mol. The number of benzene rings is 3. The molecule has 5 rings (SSSR count). The minimum Gasteiger partial charge on any atom is -0.488 e. The number of hydrogen-bond donors (Lipinski definition) is 1. The highest BCUT2D eigenvalue weighted by Crippen LogP contribution is 2.27. The minimum absolute atomic E-state index is 0.119. The van der Waals surface area contributed by atoms with Crippen LogP contribution in [0.25, 0.3) is 5.69 Å². The predicted molar refractivity (Wildman–Crippen MR) is 175 cm³/mol. The molecule has 2 heterocycles. The van der Waals surface area contributed by atoms with Crippen molar-refractivity contribution in [3.8, 4) is 17.2 Å². The fourth-order valence-corrected chi connectivity index (χ4v) is 4.86. The molecule has 0 radical (unpaired) electrons. The van der Waals surface area contributed by atoms with Gasteiger partial charge in [0.15, 0.2) is 5.76 Å². The third-order valence-electron chi connectivity index (χ3n) is 6.89. The first-order chi connectivity index (χ1) is 21.2. The molecule has 0 spiro atoms. The van der Waals surface area contributed by atoms with Gasteiger partial charge >= 0.3 is 5.91 Å². The van der Waals surface area contributed by atoms with Gasteiger partial charge in [-0.2, -0.15) is 5.10 Å². The topological polar surface area (TPSA) is 81.2 Å². The summed E-state index contributed by atoms with van der Waals surface area (Å²) >= 11 is 12.2. The maximum atomic E-state index is 12.7. The van der Waals surface area contributed by atoms with Gasteiger partial charge in [-0.3, -0.25) is 4.79 Å². The van der Waals surface area contributed by atoms with E-state index < -0.39 is 5.91 Å². The zero-order chi connectivity index (χ0) is 31.2. The smallest absolute Gasteiger partial charge is 0.307 e. The van der Waals surface area contributed by atoms with E-state index >= 15 is 0 Å². The molecule has 3 aromatic carbocycles. The molecule has 0 atom stereocenters. The highest BCUT2D eigenvalue weighted by atomic mass is 35.5. The van der Waals surface area contributed by atoms with Crippen LogP contribution in [0.1, 0.15) is 38.8 Å². The first kappa shape index (κ1) is 30.8. The van der Waals surface area contributed by atoms with E-state index in [4.69, 9.17) is 37.1 Å². The molecule has 0 aliphatic rings. The summed E-state index contributed by atoms with van der Waals surface area (Å²) in [5, 5.41) is 5.07. The number of hydrazone groups is 1. The van der Waals surface area contributed by atoms with E-state index in [1.165, 1.54) is 6.21 Å². The molecule has 0 saturated carbocycles. The highest BCUT2D eigenvalue weighted by molar-refractivity contribution is 6.42. The van der Waals surface area contributed by atoms with Gasteiger partial charge in [-0.25, -0.2) is 5.43 Å². The Morgan fingerprint density at radius 3 is 2.34 bits per heavy atom. The predicted octanol–water partition coefficient (Wildman–Crippen LogP) is 7.98. The van der Waals surface area contributed by atoms with Gasteiger partial charge < -0.3 is 23.4 Å². The van der Waals surface area contributed by atoms with Crippen LogP contribution in [0.2, 0.25) is 10.0 Å². The van der Waals surface area contributed by atoms with Crippen LogP contribution in [-0.4, -0.2) is 30.8 Å². The minimum atomic E-state index is -0.488. The molecule has 44 heavy (non-hydrogen) atoms. The molecule has 0 saturated heterocycles. The molecule has 0 bridgehead atoms. The van der Waals surface area contributed by atoms with Crippen molar-refractivity contribution in [2.75, 3.05) is 19.0 Å². The third-order valence-corrected chi connectivity index (χ3v) is 7.63. The number of halogens is 2. The van der Waals surface area contributed by atoms with Crippen molar-refractivity contribution in [2.24, 2.45) is 5.10 Å². The Labute approximate surface area is 266 Å². The molecule has 0 fully saturated rings. The number of furan rings is 1. The second-order valence-electron chi connectivity index (χ2n) is 10.4. The quantitative estimate of drug-likeness (QED) is 0.118. The zero-order valence-corrected chi connectivity index (χ0v) is 26.3. The molecule has 5 aromatic rings. The van der Waals surface area contributed by atoms with Crippen molar-refractivity contribution in [2.45, 2.75) is 27.1 Å². The van der Waals surface area contributed by atoms with E-state index in [2.05, 4.69) is 41.1 Å². The first-order valence-corrected chi connectivity index (χ1v) is 14.6. The summed E-state index contributed by atoms with van der Waals surface area (Å²) in [6.07, 6.45) is 1.52. The van der Waals surface area contributed by atoms with Gasteiger partial charge in [-0.15, -0.1) is 0 Å². The summed E-state index contributed by atoms with van der Waals surface area (Å²) in [7, 11) is 3.88. The highest BCUT2D eigenvalue weighted by Gasteiger charge is 2.12. The average Bonchev–Trinajstić information content (AvgIpc) is 3.63. The van der Waals surface area contributed by atoms with Crippen molar-refractivity contribution in [3.63, 3.8) is 0 Å². The summed E-state index contributed by atoms with van der Waals surface area (Å²) in [4.78, 5) is 14.7. The Balaban J connectivity index is 1.18. The van der Waals surface area contributed by atoms with Crippen molar-refractivity contribution in [3.05, 3.63) is 129 Å². The third kappa shape index (κ3) is 7.45. The lowest BCUT2D eigenvalue weighted by Crippen LogP contribution is -2.17.